The zero-order chi connectivity index (χ0) is 16.1. The van der Waals surface area contributed by atoms with Crippen LogP contribution in [0.5, 0.6) is 5.88 Å². The van der Waals surface area contributed by atoms with Crippen molar-refractivity contribution >= 4 is 11.6 Å². The van der Waals surface area contributed by atoms with Gasteiger partial charge in [0.25, 0.3) is 0 Å². The molecule has 0 aliphatic carbocycles. The van der Waals surface area contributed by atoms with Crippen LogP contribution in [0.3, 0.4) is 0 Å². The third-order valence-corrected chi connectivity index (χ3v) is 3.51. The molecule has 0 saturated carbocycles. The topological polar surface area (TPSA) is 47.3 Å². The molecule has 0 aliphatic rings. The number of halogens is 2. The monoisotopic (exact) mass is 326 g/mol. The molecule has 0 radical (unpaired) electrons. The van der Waals surface area contributed by atoms with Crippen LogP contribution in [0.1, 0.15) is 31.5 Å². The molecule has 0 fully saturated rings. The maximum Gasteiger partial charge on any atom is 0.233 e. The van der Waals surface area contributed by atoms with Crippen molar-refractivity contribution in [2.24, 2.45) is 0 Å². The lowest BCUT2D eigenvalue weighted by atomic mass is 10.2. The Bertz CT molecular complexity index is 608. The lowest BCUT2D eigenvalue weighted by Gasteiger charge is -2.09. The van der Waals surface area contributed by atoms with Gasteiger partial charge in [0.1, 0.15) is 5.82 Å². The molecule has 1 N–H and O–H groups in total. The van der Waals surface area contributed by atoms with Crippen LogP contribution < -0.4 is 4.74 Å². The summed E-state index contributed by atoms with van der Waals surface area (Å²) in [6.45, 7) is 4.15. The lowest BCUT2D eigenvalue weighted by molar-refractivity contribution is 0.230. The van der Waals surface area contributed by atoms with Gasteiger partial charge < -0.3 is 9.84 Å². The van der Waals surface area contributed by atoms with Gasteiger partial charge in [-0.1, -0.05) is 17.7 Å². The molecule has 0 atom stereocenters. The molecule has 1 aromatic heterocycles. The van der Waals surface area contributed by atoms with Gasteiger partial charge in [0.15, 0.2) is 0 Å². The summed E-state index contributed by atoms with van der Waals surface area (Å²) in [5, 5.41) is 13.7. The number of hydrogen-bond donors (Lipinski definition) is 1. The molecular weight excluding hydrogens is 307 g/mol. The number of rotatable bonds is 7. The molecule has 120 valence electrons. The molecule has 0 aliphatic heterocycles. The van der Waals surface area contributed by atoms with E-state index in [0.717, 1.165) is 5.69 Å². The zero-order valence-electron chi connectivity index (χ0n) is 12.7. The SMILES string of the molecule is CC(C)Oc1cc(CCCO)n(Cc2c(F)cccc2Cl)n1. The molecule has 22 heavy (non-hydrogen) atoms. The molecular formula is C16H20ClFN2O2. The molecule has 1 heterocycles. The molecule has 1 aromatic carbocycles. The maximum atomic E-state index is 13.9. The highest BCUT2D eigenvalue weighted by atomic mass is 35.5. The van der Waals surface area contributed by atoms with Gasteiger partial charge in [-0.05, 0) is 38.8 Å². The fourth-order valence-electron chi connectivity index (χ4n) is 2.16. The summed E-state index contributed by atoms with van der Waals surface area (Å²) in [7, 11) is 0. The Balaban J connectivity index is 2.29. The molecule has 6 heteroatoms. The number of aliphatic hydroxyl groups is 1. The second-order valence-corrected chi connectivity index (χ2v) is 5.73. The summed E-state index contributed by atoms with van der Waals surface area (Å²) in [4.78, 5) is 0. The Hall–Kier alpha value is -1.59. The van der Waals surface area contributed by atoms with Crippen molar-refractivity contribution < 1.29 is 14.2 Å². The van der Waals surface area contributed by atoms with Gasteiger partial charge in [-0.15, -0.1) is 5.10 Å². The first kappa shape index (κ1) is 16.8. The van der Waals surface area contributed by atoms with Crippen molar-refractivity contribution in [1.29, 1.82) is 0 Å². The fourth-order valence-corrected chi connectivity index (χ4v) is 2.38. The number of benzene rings is 1. The molecule has 0 amide bonds. The first-order chi connectivity index (χ1) is 10.5. The second kappa shape index (κ2) is 7.61. The standard InChI is InChI=1S/C16H20ClFN2O2/c1-11(2)22-16-9-12(5-4-8-21)20(19-16)10-13-14(17)6-3-7-15(13)18/h3,6-7,9,11,21H,4-5,8,10H2,1-2H3. The van der Waals surface area contributed by atoms with E-state index in [9.17, 15) is 4.39 Å². The Morgan fingerprint density at radius 2 is 2.18 bits per heavy atom. The predicted octanol–water partition coefficient (Wildman–Crippen LogP) is 3.44. The molecule has 0 saturated heterocycles. The first-order valence-corrected chi connectivity index (χ1v) is 7.66. The van der Waals surface area contributed by atoms with Crippen molar-refractivity contribution in [1.82, 2.24) is 9.78 Å². The highest BCUT2D eigenvalue weighted by molar-refractivity contribution is 6.31. The van der Waals surface area contributed by atoms with Crippen LogP contribution >= 0.6 is 11.6 Å². The van der Waals surface area contributed by atoms with Gasteiger partial charge in [-0.25, -0.2) is 4.39 Å². The number of hydrogen-bond acceptors (Lipinski definition) is 3. The van der Waals surface area contributed by atoms with E-state index in [1.54, 1.807) is 16.8 Å². The second-order valence-electron chi connectivity index (χ2n) is 5.33. The first-order valence-electron chi connectivity index (χ1n) is 7.28. The summed E-state index contributed by atoms with van der Waals surface area (Å²) in [6.07, 6.45) is 1.25. The van der Waals surface area contributed by atoms with Crippen molar-refractivity contribution in [3.05, 3.63) is 46.4 Å². The Kier molecular flexibility index (Phi) is 5.80. The van der Waals surface area contributed by atoms with Gasteiger partial charge in [0, 0.05) is 29.0 Å². The summed E-state index contributed by atoms with van der Waals surface area (Å²) in [6, 6.07) is 6.43. The van der Waals surface area contributed by atoms with E-state index in [2.05, 4.69) is 5.10 Å². The van der Waals surface area contributed by atoms with Gasteiger partial charge >= 0.3 is 0 Å². The van der Waals surface area contributed by atoms with Gasteiger partial charge in [-0.2, -0.15) is 0 Å². The number of ether oxygens (including phenoxy) is 1. The summed E-state index contributed by atoms with van der Waals surface area (Å²) in [5.74, 6) is 0.137. The molecule has 0 unspecified atom stereocenters. The Labute approximate surface area is 134 Å². The smallest absolute Gasteiger partial charge is 0.233 e. The Morgan fingerprint density at radius 1 is 1.41 bits per heavy atom. The third-order valence-electron chi connectivity index (χ3n) is 3.16. The van der Waals surface area contributed by atoms with E-state index >= 15 is 0 Å². The van der Waals surface area contributed by atoms with Gasteiger partial charge in [0.2, 0.25) is 5.88 Å². The van der Waals surface area contributed by atoms with Gasteiger partial charge in [-0.3, -0.25) is 4.68 Å². The highest BCUT2D eigenvalue weighted by Crippen LogP contribution is 2.22. The van der Waals surface area contributed by atoms with E-state index in [1.807, 2.05) is 19.9 Å². The van der Waals surface area contributed by atoms with Gasteiger partial charge in [0.05, 0.1) is 12.6 Å². The molecule has 2 rings (SSSR count). The number of aromatic nitrogens is 2. The number of aryl methyl sites for hydroxylation is 1. The average Bonchev–Trinajstić information content (AvgIpc) is 2.81. The van der Waals surface area contributed by atoms with Crippen LogP contribution in [-0.4, -0.2) is 27.6 Å². The van der Waals surface area contributed by atoms with Crippen LogP contribution in [0.4, 0.5) is 4.39 Å². The number of aliphatic hydroxyl groups excluding tert-OH is 1. The molecule has 0 spiro atoms. The summed E-state index contributed by atoms with van der Waals surface area (Å²) >= 11 is 6.07. The summed E-state index contributed by atoms with van der Waals surface area (Å²) in [5.41, 5.74) is 1.28. The van der Waals surface area contributed by atoms with Crippen molar-refractivity contribution in [2.75, 3.05) is 6.61 Å². The van der Waals surface area contributed by atoms with Crippen LogP contribution in [0.15, 0.2) is 24.3 Å². The maximum absolute atomic E-state index is 13.9. The predicted molar refractivity (Wildman–Crippen MR) is 83.9 cm³/mol. The molecule has 2 aromatic rings. The normalized spacial score (nSPS) is 11.2. The van der Waals surface area contributed by atoms with E-state index in [-0.39, 0.29) is 25.1 Å². The van der Waals surface area contributed by atoms with E-state index in [0.29, 0.717) is 29.3 Å². The number of nitrogens with zero attached hydrogens (tertiary/aromatic N) is 2. The minimum absolute atomic E-state index is 0.00564. The van der Waals surface area contributed by atoms with E-state index in [4.69, 9.17) is 21.4 Å². The third kappa shape index (κ3) is 4.21. The van der Waals surface area contributed by atoms with E-state index in [1.165, 1.54) is 6.07 Å². The quantitative estimate of drug-likeness (QED) is 0.848. The van der Waals surface area contributed by atoms with Crippen LogP contribution in [0.25, 0.3) is 0 Å². The Morgan fingerprint density at radius 3 is 2.82 bits per heavy atom. The van der Waals surface area contributed by atoms with Crippen molar-refractivity contribution in [2.45, 2.75) is 39.3 Å². The van der Waals surface area contributed by atoms with Crippen LogP contribution in [0.2, 0.25) is 5.02 Å². The molecule has 0 bridgehead atoms. The lowest BCUT2D eigenvalue weighted by Crippen LogP contribution is -2.10. The minimum Gasteiger partial charge on any atom is -0.474 e. The highest BCUT2D eigenvalue weighted by Gasteiger charge is 2.14. The average molecular weight is 327 g/mol. The van der Waals surface area contributed by atoms with E-state index < -0.39 is 0 Å². The largest absolute Gasteiger partial charge is 0.474 e. The van der Waals surface area contributed by atoms with Crippen molar-refractivity contribution in [3.8, 4) is 5.88 Å². The zero-order valence-corrected chi connectivity index (χ0v) is 13.5. The van der Waals surface area contributed by atoms with Crippen LogP contribution in [0, 0.1) is 5.82 Å². The summed E-state index contributed by atoms with van der Waals surface area (Å²) < 4.78 is 21.2. The van der Waals surface area contributed by atoms with Crippen molar-refractivity contribution in [3.63, 3.8) is 0 Å². The minimum atomic E-state index is -0.359. The molecule has 4 nitrogen and oxygen atoms in total. The fraction of sp³-hybridized carbons (Fsp3) is 0.438. The van der Waals surface area contributed by atoms with Crippen LogP contribution in [-0.2, 0) is 13.0 Å².